The second-order valence-corrected chi connectivity index (χ2v) is 20.7. The van der Waals surface area contributed by atoms with E-state index in [1.165, 1.54) is 76.3 Å². The Hall–Kier alpha value is -5.78. The summed E-state index contributed by atoms with van der Waals surface area (Å²) in [5, 5.41) is 10.6. The molecule has 308 valence electrons. The molecule has 9 aromatic carbocycles. The van der Waals surface area contributed by atoms with Gasteiger partial charge in [-0.2, -0.15) is 0 Å². The minimum Gasteiger partial charge on any atom is -0.213 e. The van der Waals surface area contributed by atoms with Gasteiger partial charge in [0.2, 0.25) is 0 Å². The molecule has 0 saturated heterocycles. The van der Waals surface area contributed by atoms with E-state index in [-0.39, 0.29) is 24.0 Å². The average molecular weight is 965 g/mol. The zero-order valence-electron chi connectivity index (χ0n) is 35.2. The third-order valence-electron chi connectivity index (χ3n) is 12.1. The van der Waals surface area contributed by atoms with Crippen LogP contribution >= 0.6 is 43.0 Å². The number of hydrogen-bond acceptors (Lipinski definition) is 1. The van der Waals surface area contributed by atoms with Gasteiger partial charge in [-0.05, 0) is 99.4 Å². The lowest BCUT2D eigenvalue weighted by molar-refractivity contribution is -0.715. The van der Waals surface area contributed by atoms with Crippen LogP contribution in [0, 0.1) is 0 Å². The molecule has 1 heterocycles. The van der Waals surface area contributed by atoms with Crippen LogP contribution in [0.5, 0.6) is 0 Å². The van der Waals surface area contributed by atoms with E-state index in [1.54, 1.807) is 0 Å². The number of fused-ring (bicyclic) bond motifs is 2. The molecule has 0 saturated carbocycles. The number of halogens is 1. The van der Waals surface area contributed by atoms with Crippen LogP contribution in [0.15, 0.2) is 242 Å². The molecule has 0 atom stereocenters. The summed E-state index contributed by atoms with van der Waals surface area (Å²) >= 11 is 2.01. The van der Waals surface area contributed by atoms with Crippen molar-refractivity contribution >= 4 is 80.5 Å². The first kappa shape index (κ1) is 42.5. The largest absolute Gasteiger partial charge is 0.319 e. The first-order valence-corrected chi connectivity index (χ1v) is 24.6. The van der Waals surface area contributed by atoms with Crippen LogP contribution in [0.4, 0.5) is 0 Å². The molecule has 0 N–H and O–H groups in total. The molecule has 10 rings (SSSR count). The molecule has 2 nitrogen and oxygen atoms in total. The molecule has 10 aromatic rings. The molecule has 1 aromatic heterocycles. The van der Waals surface area contributed by atoms with Gasteiger partial charge in [0.25, 0.3) is 0 Å². The standard InChI is InChI=1S/C58H49N2PS.HI/c1-6-23-49(24-7-1)56-57(50-25-8-2-9-26-50)60(44-46-36-38-48-22-17-19-28-52(48)42-46)58(59(56)43-45-35-37-47-21-16-18-27-51(47)41-45)62-40-20-39-61(53-29-10-3-11-30-53,54-31-12-4-13-32-54)55-33-14-5-15-34-55;/h1-19,21-38,41-42H,20,39-40,43-44H2;1H/q+2;. The van der Waals surface area contributed by atoms with Crippen molar-refractivity contribution in [3.63, 3.8) is 0 Å². The molecule has 5 heteroatoms. The molecule has 0 bridgehead atoms. The van der Waals surface area contributed by atoms with Crippen LogP contribution in [0.2, 0.25) is 0 Å². The Balaban J connectivity index is 0.00000504. The maximum atomic E-state index is 2.63. The molecular weight excluding hydrogens is 915 g/mol. The minimum absolute atomic E-state index is 0. The van der Waals surface area contributed by atoms with Crippen molar-refractivity contribution in [1.29, 1.82) is 0 Å². The fraction of sp³-hybridized carbons (Fsp3) is 0.0862. The monoisotopic (exact) mass is 964 g/mol. The van der Waals surface area contributed by atoms with E-state index in [2.05, 4.69) is 246 Å². The summed E-state index contributed by atoms with van der Waals surface area (Å²) in [6.07, 6.45) is 2.13. The van der Waals surface area contributed by atoms with Crippen LogP contribution in [0.3, 0.4) is 0 Å². The highest BCUT2D eigenvalue weighted by Crippen LogP contribution is 2.56. The van der Waals surface area contributed by atoms with Gasteiger partial charge in [0.1, 0.15) is 36.3 Å². The Morgan fingerprint density at radius 2 is 0.857 bits per heavy atom. The summed E-state index contributed by atoms with van der Waals surface area (Å²) in [5.74, 6) is 0.968. The van der Waals surface area contributed by atoms with E-state index in [9.17, 15) is 0 Å². The van der Waals surface area contributed by atoms with Crippen LogP contribution in [0.1, 0.15) is 17.5 Å². The Morgan fingerprint density at radius 3 is 1.38 bits per heavy atom. The predicted octanol–water partition coefficient (Wildman–Crippen LogP) is 13.6. The quantitative estimate of drug-likeness (QED) is 0.0347. The lowest BCUT2D eigenvalue weighted by Crippen LogP contribution is -2.38. The normalized spacial score (nSPS) is 11.4. The van der Waals surface area contributed by atoms with Crippen molar-refractivity contribution in [1.82, 2.24) is 4.57 Å². The Labute approximate surface area is 393 Å². The molecule has 63 heavy (non-hydrogen) atoms. The lowest BCUT2D eigenvalue weighted by Gasteiger charge is -2.27. The number of hydrogen-bond donors (Lipinski definition) is 0. The summed E-state index contributed by atoms with van der Waals surface area (Å²) in [6.45, 7) is 1.49. The average Bonchev–Trinajstić information content (AvgIpc) is 3.64. The fourth-order valence-electron chi connectivity index (χ4n) is 9.21. The van der Waals surface area contributed by atoms with E-state index in [0.717, 1.165) is 31.4 Å². The number of nitrogens with zero attached hydrogens (tertiary/aromatic N) is 2. The number of rotatable bonds is 14. The smallest absolute Gasteiger partial charge is 0.213 e. The summed E-state index contributed by atoms with van der Waals surface area (Å²) in [7, 11) is -1.98. The summed E-state index contributed by atoms with van der Waals surface area (Å²) in [4.78, 5) is 0. The third-order valence-corrected chi connectivity index (χ3v) is 17.8. The zero-order valence-corrected chi connectivity index (χ0v) is 39.3. The third kappa shape index (κ3) is 8.91. The van der Waals surface area contributed by atoms with E-state index in [4.69, 9.17) is 0 Å². The van der Waals surface area contributed by atoms with Crippen LogP contribution in [-0.4, -0.2) is 16.5 Å². The Kier molecular flexibility index (Phi) is 13.3. The molecule has 0 radical (unpaired) electrons. The van der Waals surface area contributed by atoms with E-state index in [0.29, 0.717) is 0 Å². The van der Waals surface area contributed by atoms with Gasteiger partial charge in [-0.15, -0.1) is 24.0 Å². The molecule has 0 aliphatic carbocycles. The van der Waals surface area contributed by atoms with Gasteiger partial charge in [-0.25, -0.2) is 9.13 Å². The lowest BCUT2D eigenvalue weighted by atomic mass is 10.0. The number of imidazole rings is 1. The van der Waals surface area contributed by atoms with Crippen molar-refractivity contribution in [2.45, 2.75) is 24.7 Å². The maximum absolute atomic E-state index is 2.63. The Bertz CT molecular complexity index is 2830. The second kappa shape index (κ2) is 19.7. The summed E-state index contributed by atoms with van der Waals surface area (Å²) < 4.78 is 5.25. The predicted molar refractivity (Wildman–Crippen MR) is 282 cm³/mol. The summed E-state index contributed by atoms with van der Waals surface area (Å²) in [5.41, 5.74) is 7.50. The first-order chi connectivity index (χ1) is 30.7. The van der Waals surface area contributed by atoms with Gasteiger partial charge in [-0.1, -0.05) is 188 Å². The van der Waals surface area contributed by atoms with Crippen molar-refractivity contribution in [3.05, 3.63) is 248 Å². The first-order valence-electron chi connectivity index (χ1n) is 21.6. The SMILES string of the molecule is I.c1ccc(-c2c(-c3ccccc3)[n+](Cc3ccc4ccccc4c3)c(SCCC[P+](c3ccccc3)(c3ccccc3)c3ccccc3)n2Cc2ccc3ccccc3c2)cc1. The van der Waals surface area contributed by atoms with Gasteiger partial charge in [0.05, 0.1) is 6.16 Å². The number of aromatic nitrogens is 2. The molecule has 0 aliphatic heterocycles. The molecule has 0 unspecified atom stereocenters. The van der Waals surface area contributed by atoms with Crippen molar-refractivity contribution < 1.29 is 4.57 Å². The fourth-order valence-corrected chi connectivity index (χ4v) is 14.9. The van der Waals surface area contributed by atoms with Gasteiger partial charge >= 0.3 is 5.16 Å². The van der Waals surface area contributed by atoms with Gasteiger partial charge in [0.15, 0.2) is 11.4 Å². The van der Waals surface area contributed by atoms with Crippen molar-refractivity contribution in [2.24, 2.45) is 0 Å². The molecule has 0 aliphatic rings. The highest BCUT2D eigenvalue weighted by atomic mass is 127. The number of benzene rings is 9. The number of thioether (sulfide) groups is 1. The van der Waals surface area contributed by atoms with Gasteiger partial charge < -0.3 is 0 Å². The van der Waals surface area contributed by atoms with Crippen LogP contribution in [0.25, 0.3) is 44.1 Å². The second-order valence-electron chi connectivity index (χ2n) is 16.0. The highest BCUT2D eigenvalue weighted by molar-refractivity contribution is 14.0. The van der Waals surface area contributed by atoms with Gasteiger partial charge in [0, 0.05) is 16.9 Å². The summed E-state index contributed by atoms with van der Waals surface area (Å²) in [6, 6.07) is 87.5. The van der Waals surface area contributed by atoms with E-state index in [1.807, 2.05) is 11.8 Å². The van der Waals surface area contributed by atoms with Crippen LogP contribution < -0.4 is 20.5 Å². The molecular formula is C58H50IN2PS+2. The molecule has 0 spiro atoms. The van der Waals surface area contributed by atoms with Crippen molar-refractivity contribution in [3.8, 4) is 22.5 Å². The Morgan fingerprint density at radius 1 is 0.429 bits per heavy atom. The zero-order chi connectivity index (χ0) is 41.6. The van der Waals surface area contributed by atoms with Crippen molar-refractivity contribution in [2.75, 3.05) is 11.9 Å². The van der Waals surface area contributed by atoms with Crippen LogP contribution in [-0.2, 0) is 13.1 Å². The topological polar surface area (TPSA) is 8.81 Å². The molecule has 0 fully saturated rings. The van der Waals surface area contributed by atoms with E-state index < -0.39 is 7.26 Å². The van der Waals surface area contributed by atoms with E-state index >= 15 is 0 Å². The maximum Gasteiger partial charge on any atom is 0.319 e. The molecule has 0 amide bonds. The van der Waals surface area contributed by atoms with Gasteiger partial charge in [-0.3, -0.25) is 0 Å². The minimum atomic E-state index is -1.98. The highest BCUT2D eigenvalue weighted by Gasteiger charge is 2.45.